The minimum atomic E-state index is -4.45. The number of methoxy groups -OCH3 is 1. The molecule has 0 bridgehead atoms. The monoisotopic (exact) mass is 276 g/mol. The van der Waals surface area contributed by atoms with Crippen LogP contribution in [-0.2, 0) is 22.3 Å². The molecule has 1 saturated carbocycles. The molecular weight excluding hydrogens is 261 g/mol. The molecule has 106 valence electrons. The Labute approximate surface area is 108 Å². The summed E-state index contributed by atoms with van der Waals surface area (Å²) >= 11 is 0. The van der Waals surface area contributed by atoms with Gasteiger partial charge in [0.2, 0.25) is 0 Å². The predicted octanol–water partition coefficient (Wildman–Crippen LogP) is 2.59. The lowest BCUT2D eigenvalue weighted by atomic mass is 10.2. The molecule has 0 spiro atoms. The molecule has 0 aromatic carbocycles. The first-order chi connectivity index (χ1) is 8.82. The van der Waals surface area contributed by atoms with Gasteiger partial charge in [0.15, 0.2) is 5.69 Å². The number of carbonyl (C=O) groups is 1. The zero-order valence-corrected chi connectivity index (χ0v) is 10.7. The SMILES string of the molecule is COC(=O)[C@@H](C)Cn1nc(C(F)(F)F)cc1C1CC1. The summed E-state index contributed by atoms with van der Waals surface area (Å²) in [6.45, 7) is 1.71. The number of ether oxygens (including phenoxy) is 1. The number of carbonyl (C=O) groups excluding carboxylic acids is 1. The number of nitrogens with zero attached hydrogens (tertiary/aromatic N) is 2. The average Bonchev–Trinajstić information content (AvgIpc) is 3.08. The average molecular weight is 276 g/mol. The number of rotatable bonds is 4. The number of halogens is 3. The van der Waals surface area contributed by atoms with Gasteiger partial charge in [0, 0.05) is 11.6 Å². The molecule has 0 aliphatic heterocycles. The van der Waals surface area contributed by atoms with E-state index in [4.69, 9.17) is 0 Å². The Morgan fingerprint density at radius 1 is 1.58 bits per heavy atom. The van der Waals surface area contributed by atoms with Crippen molar-refractivity contribution in [2.24, 2.45) is 5.92 Å². The highest BCUT2D eigenvalue weighted by Crippen LogP contribution is 2.42. The molecule has 7 heteroatoms. The van der Waals surface area contributed by atoms with Gasteiger partial charge in [0.05, 0.1) is 19.6 Å². The van der Waals surface area contributed by atoms with E-state index >= 15 is 0 Å². The fraction of sp³-hybridized carbons (Fsp3) is 0.667. The molecule has 1 atom stereocenters. The molecule has 1 fully saturated rings. The largest absolute Gasteiger partial charge is 0.469 e. The van der Waals surface area contributed by atoms with Crippen LogP contribution >= 0.6 is 0 Å². The molecule has 2 rings (SSSR count). The lowest BCUT2D eigenvalue weighted by molar-refractivity contribution is -0.145. The fourth-order valence-electron chi connectivity index (χ4n) is 1.96. The van der Waals surface area contributed by atoms with Gasteiger partial charge in [-0.15, -0.1) is 0 Å². The highest BCUT2D eigenvalue weighted by Gasteiger charge is 2.38. The van der Waals surface area contributed by atoms with Crippen molar-refractivity contribution in [2.75, 3.05) is 7.11 Å². The molecule has 1 aliphatic carbocycles. The van der Waals surface area contributed by atoms with Crippen LogP contribution in [0.5, 0.6) is 0 Å². The van der Waals surface area contributed by atoms with Gasteiger partial charge in [-0.2, -0.15) is 18.3 Å². The zero-order valence-electron chi connectivity index (χ0n) is 10.7. The second-order valence-electron chi connectivity index (χ2n) is 4.83. The quantitative estimate of drug-likeness (QED) is 0.794. The molecule has 4 nitrogen and oxygen atoms in total. The van der Waals surface area contributed by atoms with E-state index in [0.717, 1.165) is 18.9 Å². The summed E-state index contributed by atoms with van der Waals surface area (Å²) in [4.78, 5) is 11.3. The second kappa shape index (κ2) is 4.86. The first-order valence-corrected chi connectivity index (χ1v) is 6.05. The maximum atomic E-state index is 12.7. The smallest absolute Gasteiger partial charge is 0.435 e. The van der Waals surface area contributed by atoms with E-state index in [1.807, 2.05) is 0 Å². The van der Waals surface area contributed by atoms with E-state index < -0.39 is 23.8 Å². The van der Waals surface area contributed by atoms with Gasteiger partial charge < -0.3 is 4.74 Å². The van der Waals surface area contributed by atoms with Crippen LogP contribution in [0.4, 0.5) is 13.2 Å². The normalized spacial score (nSPS) is 17.3. The van der Waals surface area contributed by atoms with E-state index in [0.29, 0.717) is 5.69 Å². The van der Waals surface area contributed by atoms with E-state index in [1.165, 1.54) is 11.8 Å². The second-order valence-corrected chi connectivity index (χ2v) is 4.83. The van der Waals surface area contributed by atoms with Crippen LogP contribution < -0.4 is 0 Å². The maximum Gasteiger partial charge on any atom is 0.435 e. The molecule has 0 radical (unpaired) electrons. The molecule has 0 amide bonds. The predicted molar refractivity (Wildman–Crippen MR) is 60.4 cm³/mol. The summed E-state index contributed by atoms with van der Waals surface area (Å²) in [5.41, 5.74) is -0.338. The molecule has 1 heterocycles. The molecule has 0 N–H and O–H groups in total. The summed E-state index contributed by atoms with van der Waals surface area (Å²) in [5, 5.41) is 3.58. The standard InChI is InChI=1S/C12H15F3N2O2/c1-7(11(18)19-2)6-17-9(8-3-4-8)5-10(16-17)12(13,14)15/h5,7-8H,3-4,6H2,1-2H3/t7-/m0/s1. The Morgan fingerprint density at radius 2 is 2.21 bits per heavy atom. The Morgan fingerprint density at radius 3 is 2.68 bits per heavy atom. The lowest BCUT2D eigenvalue weighted by Gasteiger charge is -2.11. The highest BCUT2D eigenvalue weighted by atomic mass is 19.4. The van der Waals surface area contributed by atoms with Crippen molar-refractivity contribution in [1.82, 2.24) is 9.78 Å². The molecule has 1 aromatic heterocycles. The van der Waals surface area contributed by atoms with Gasteiger partial charge >= 0.3 is 12.1 Å². The molecule has 0 unspecified atom stereocenters. The Hall–Kier alpha value is -1.53. The number of hydrogen-bond acceptors (Lipinski definition) is 3. The summed E-state index contributed by atoms with van der Waals surface area (Å²) in [7, 11) is 1.25. The number of aromatic nitrogens is 2. The third-order valence-electron chi connectivity index (χ3n) is 3.15. The Bertz CT molecular complexity index is 478. The van der Waals surface area contributed by atoms with Gasteiger partial charge in [-0.25, -0.2) is 0 Å². The molecule has 0 saturated heterocycles. The molecule has 19 heavy (non-hydrogen) atoms. The van der Waals surface area contributed by atoms with Crippen LogP contribution in [0.25, 0.3) is 0 Å². The third-order valence-corrected chi connectivity index (χ3v) is 3.15. The molecular formula is C12H15F3N2O2. The fourth-order valence-corrected chi connectivity index (χ4v) is 1.96. The van der Waals surface area contributed by atoms with Crippen LogP contribution in [0.3, 0.4) is 0 Å². The lowest BCUT2D eigenvalue weighted by Crippen LogP contribution is -2.21. The summed E-state index contributed by atoms with van der Waals surface area (Å²) in [6, 6.07) is 1.08. The first-order valence-electron chi connectivity index (χ1n) is 6.05. The van der Waals surface area contributed by atoms with Crippen molar-refractivity contribution in [3.05, 3.63) is 17.5 Å². The topological polar surface area (TPSA) is 44.1 Å². The van der Waals surface area contributed by atoms with Gasteiger partial charge in [0.25, 0.3) is 0 Å². The van der Waals surface area contributed by atoms with Gasteiger partial charge in [0.1, 0.15) is 0 Å². The maximum absolute atomic E-state index is 12.7. The van der Waals surface area contributed by atoms with E-state index in [2.05, 4.69) is 9.84 Å². The minimum Gasteiger partial charge on any atom is -0.469 e. The number of esters is 1. The van der Waals surface area contributed by atoms with Crippen molar-refractivity contribution >= 4 is 5.97 Å². The first kappa shape index (κ1) is 13.9. The van der Waals surface area contributed by atoms with Crippen molar-refractivity contribution in [1.29, 1.82) is 0 Å². The van der Waals surface area contributed by atoms with Crippen LogP contribution in [0.15, 0.2) is 6.07 Å². The van der Waals surface area contributed by atoms with Gasteiger partial charge in [-0.1, -0.05) is 6.92 Å². The van der Waals surface area contributed by atoms with Crippen LogP contribution in [0, 0.1) is 5.92 Å². The highest BCUT2D eigenvalue weighted by molar-refractivity contribution is 5.71. The van der Waals surface area contributed by atoms with Crippen molar-refractivity contribution in [2.45, 2.75) is 38.4 Å². The van der Waals surface area contributed by atoms with Crippen molar-refractivity contribution in [3.63, 3.8) is 0 Å². The van der Waals surface area contributed by atoms with E-state index in [1.54, 1.807) is 6.92 Å². The Balaban J connectivity index is 2.23. The number of alkyl halides is 3. The molecule has 1 aliphatic rings. The zero-order chi connectivity index (χ0) is 14.2. The van der Waals surface area contributed by atoms with E-state index in [-0.39, 0.29) is 12.5 Å². The minimum absolute atomic E-state index is 0.106. The Kier molecular flexibility index (Phi) is 3.56. The van der Waals surface area contributed by atoms with Crippen molar-refractivity contribution in [3.8, 4) is 0 Å². The van der Waals surface area contributed by atoms with Crippen LogP contribution in [0.1, 0.15) is 37.1 Å². The summed E-state index contributed by atoms with van der Waals surface area (Å²) < 4.78 is 43.8. The van der Waals surface area contributed by atoms with E-state index in [9.17, 15) is 18.0 Å². The summed E-state index contributed by atoms with van der Waals surface area (Å²) in [6.07, 6.45) is -2.71. The third kappa shape index (κ3) is 3.08. The molecule has 1 aromatic rings. The number of hydrogen-bond donors (Lipinski definition) is 0. The van der Waals surface area contributed by atoms with Crippen molar-refractivity contribution < 1.29 is 22.7 Å². The summed E-state index contributed by atoms with van der Waals surface area (Å²) in [5.74, 6) is -0.845. The van der Waals surface area contributed by atoms with Gasteiger partial charge in [-0.3, -0.25) is 9.48 Å². The van der Waals surface area contributed by atoms with Crippen LogP contribution in [0.2, 0.25) is 0 Å². The van der Waals surface area contributed by atoms with Gasteiger partial charge in [-0.05, 0) is 18.9 Å². The van der Waals surface area contributed by atoms with Crippen LogP contribution in [-0.4, -0.2) is 22.9 Å².